The first-order valence-corrected chi connectivity index (χ1v) is 7.02. The van der Waals surface area contributed by atoms with E-state index in [-0.39, 0.29) is 11.9 Å². The normalized spacial score (nSPS) is 23.4. The van der Waals surface area contributed by atoms with Gasteiger partial charge in [0.2, 0.25) is 0 Å². The van der Waals surface area contributed by atoms with Crippen LogP contribution in [0.3, 0.4) is 0 Å². The molecule has 1 aliphatic carbocycles. The van der Waals surface area contributed by atoms with Gasteiger partial charge in [-0.25, -0.2) is 0 Å². The summed E-state index contributed by atoms with van der Waals surface area (Å²) in [5.74, 6) is 0.893. The van der Waals surface area contributed by atoms with Crippen molar-refractivity contribution in [3.05, 3.63) is 29.8 Å². The summed E-state index contributed by atoms with van der Waals surface area (Å²) in [5.41, 5.74) is 0.717. The molecular formula is C16H23NO2. The molecule has 1 fully saturated rings. The van der Waals surface area contributed by atoms with Crippen molar-refractivity contribution in [3.63, 3.8) is 0 Å². The number of Topliss-reactive ketones (excluding diaryl/α,β-unsaturated/α-hetero) is 1. The third-order valence-corrected chi connectivity index (χ3v) is 3.86. The van der Waals surface area contributed by atoms with E-state index < -0.39 is 0 Å². The Morgan fingerprint density at radius 1 is 1.26 bits per heavy atom. The predicted molar refractivity (Wildman–Crippen MR) is 76.8 cm³/mol. The van der Waals surface area contributed by atoms with E-state index in [4.69, 9.17) is 4.74 Å². The molecule has 0 bridgehead atoms. The standard InChI is InChI=1S/C16H23NO2/c1-12(18)13-7-6-8-14(11-13)19-16-10-5-4-9-15(16)17(2)3/h6-8,11,15-16H,4-5,9-10H2,1-3H3. The third-order valence-electron chi connectivity index (χ3n) is 3.86. The fourth-order valence-corrected chi connectivity index (χ4v) is 2.77. The van der Waals surface area contributed by atoms with Crippen LogP contribution in [0, 0.1) is 0 Å². The number of ketones is 1. The van der Waals surface area contributed by atoms with Gasteiger partial charge in [-0.05, 0) is 52.4 Å². The summed E-state index contributed by atoms with van der Waals surface area (Å²) in [6.07, 6.45) is 5.00. The second-order valence-corrected chi connectivity index (χ2v) is 5.56. The third kappa shape index (κ3) is 3.57. The smallest absolute Gasteiger partial charge is 0.159 e. The summed E-state index contributed by atoms with van der Waals surface area (Å²) in [6.45, 7) is 1.59. The number of hydrogen-bond acceptors (Lipinski definition) is 3. The summed E-state index contributed by atoms with van der Waals surface area (Å²) in [5, 5.41) is 0. The zero-order valence-corrected chi connectivity index (χ0v) is 12.1. The molecule has 1 saturated carbocycles. The van der Waals surface area contributed by atoms with Crippen molar-refractivity contribution < 1.29 is 9.53 Å². The minimum atomic E-state index is 0.0817. The van der Waals surface area contributed by atoms with Crippen LogP contribution >= 0.6 is 0 Å². The van der Waals surface area contributed by atoms with E-state index in [0.29, 0.717) is 6.04 Å². The van der Waals surface area contributed by atoms with Crippen molar-refractivity contribution >= 4 is 5.78 Å². The molecule has 1 aliphatic rings. The Kier molecular flexibility index (Phi) is 4.59. The Bertz CT molecular complexity index is 442. The fourth-order valence-electron chi connectivity index (χ4n) is 2.77. The molecule has 2 rings (SSSR count). The van der Waals surface area contributed by atoms with Gasteiger partial charge in [0.25, 0.3) is 0 Å². The van der Waals surface area contributed by atoms with Crippen LogP contribution in [0.15, 0.2) is 24.3 Å². The molecule has 3 heteroatoms. The SMILES string of the molecule is CC(=O)c1cccc(OC2CCCCC2N(C)C)c1. The Hall–Kier alpha value is -1.35. The minimum Gasteiger partial charge on any atom is -0.489 e. The summed E-state index contributed by atoms with van der Waals surface area (Å²) in [7, 11) is 4.22. The Morgan fingerprint density at radius 3 is 2.68 bits per heavy atom. The van der Waals surface area contributed by atoms with Gasteiger partial charge in [0.05, 0.1) is 0 Å². The van der Waals surface area contributed by atoms with Crippen LogP contribution < -0.4 is 4.74 Å². The van der Waals surface area contributed by atoms with Crippen LogP contribution in [0.2, 0.25) is 0 Å². The number of rotatable bonds is 4. The van der Waals surface area contributed by atoms with Crippen molar-refractivity contribution in [2.75, 3.05) is 14.1 Å². The minimum absolute atomic E-state index is 0.0817. The lowest BCUT2D eigenvalue weighted by atomic mass is 9.91. The Balaban J connectivity index is 2.10. The van der Waals surface area contributed by atoms with Gasteiger partial charge in [-0.15, -0.1) is 0 Å². The highest BCUT2D eigenvalue weighted by Crippen LogP contribution is 2.26. The van der Waals surface area contributed by atoms with Crippen molar-refractivity contribution in [1.29, 1.82) is 0 Å². The van der Waals surface area contributed by atoms with E-state index in [2.05, 4.69) is 19.0 Å². The fraction of sp³-hybridized carbons (Fsp3) is 0.562. The first-order valence-electron chi connectivity index (χ1n) is 7.02. The molecule has 19 heavy (non-hydrogen) atoms. The number of carbonyl (C=O) groups excluding carboxylic acids is 1. The number of carbonyl (C=O) groups is 1. The van der Waals surface area contributed by atoms with E-state index >= 15 is 0 Å². The zero-order chi connectivity index (χ0) is 13.8. The van der Waals surface area contributed by atoms with Crippen molar-refractivity contribution in [1.82, 2.24) is 4.90 Å². The largest absolute Gasteiger partial charge is 0.489 e. The monoisotopic (exact) mass is 261 g/mol. The molecule has 2 unspecified atom stereocenters. The van der Waals surface area contributed by atoms with E-state index in [1.54, 1.807) is 6.92 Å². The molecule has 1 aromatic carbocycles. The lowest BCUT2D eigenvalue weighted by Crippen LogP contribution is -2.44. The quantitative estimate of drug-likeness (QED) is 0.780. The molecule has 3 nitrogen and oxygen atoms in total. The molecule has 0 N–H and O–H groups in total. The lowest BCUT2D eigenvalue weighted by Gasteiger charge is -2.36. The second kappa shape index (κ2) is 6.20. The van der Waals surface area contributed by atoms with Gasteiger partial charge in [-0.1, -0.05) is 18.6 Å². The van der Waals surface area contributed by atoms with Crippen molar-refractivity contribution in [3.8, 4) is 5.75 Å². The molecule has 0 amide bonds. The number of benzene rings is 1. The van der Waals surface area contributed by atoms with Crippen LogP contribution in [0.25, 0.3) is 0 Å². The van der Waals surface area contributed by atoms with E-state index in [1.807, 2.05) is 24.3 Å². The molecule has 0 aliphatic heterocycles. The molecule has 0 radical (unpaired) electrons. The van der Waals surface area contributed by atoms with Crippen LogP contribution in [-0.2, 0) is 0 Å². The average molecular weight is 261 g/mol. The molecular weight excluding hydrogens is 238 g/mol. The predicted octanol–water partition coefficient (Wildman–Crippen LogP) is 3.14. The molecule has 1 aromatic rings. The maximum Gasteiger partial charge on any atom is 0.159 e. The van der Waals surface area contributed by atoms with E-state index in [0.717, 1.165) is 17.7 Å². The molecule has 0 saturated heterocycles. The summed E-state index contributed by atoms with van der Waals surface area (Å²) in [4.78, 5) is 13.6. The van der Waals surface area contributed by atoms with Crippen LogP contribution in [0.5, 0.6) is 5.75 Å². The number of hydrogen-bond donors (Lipinski definition) is 0. The van der Waals surface area contributed by atoms with Gasteiger partial charge in [-0.3, -0.25) is 4.79 Å². The maximum absolute atomic E-state index is 11.4. The average Bonchev–Trinajstić information content (AvgIpc) is 2.39. The molecule has 0 spiro atoms. The van der Waals surface area contributed by atoms with Gasteiger partial charge in [0.1, 0.15) is 11.9 Å². The van der Waals surface area contributed by atoms with E-state index in [1.165, 1.54) is 19.3 Å². The van der Waals surface area contributed by atoms with E-state index in [9.17, 15) is 4.79 Å². The highest BCUT2D eigenvalue weighted by molar-refractivity contribution is 5.94. The van der Waals surface area contributed by atoms with Gasteiger partial charge in [-0.2, -0.15) is 0 Å². The molecule has 2 atom stereocenters. The molecule has 0 aromatic heterocycles. The summed E-state index contributed by atoms with van der Waals surface area (Å²) in [6, 6.07) is 7.98. The topological polar surface area (TPSA) is 29.5 Å². The van der Waals surface area contributed by atoms with Crippen molar-refractivity contribution in [2.45, 2.75) is 44.8 Å². The number of ether oxygens (including phenoxy) is 1. The highest BCUT2D eigenvalue weighted by atomic mass is 16.5. The Morgan fingerprint density at radius 2 is 2.00 bits per heavy atom. The zero-order valence-electron chi connectivity index (χ0n) is 12.1. The number of likely N-dealkylation sites (N-methyl/N-ethyl adjacent to an activating group) is 1. The molecule has 0 heterocycles. The number of nitrogens with zero attached hydrogens (tertiary/aromatic N) is 1. The summed E-state index contributed by atoms with van der Waals surface area (Å²) >= 11 is 0. The van der Waals surface area contributed by atoms with Crippen molar-refractivity contribution in [2.24, 2.45) is 0 Å². The first-order chi connectivity index (χ1) is 9.08. The van der Waals surface area contributed by atoms with Crippen LogP contribution in [-0.4, -0.2) is 36.9 Å². The first kappa shape index (κ1) is 14.1. The second-order valence-electron chi connectivity index (χ2n) is 5.56. The maximum atomic E-state index is 11.4. The van der Waals surface area contributed by atoms with Gasteiger partial charge >= 0.3 is 0 Å². The Labute approximate surface area is 115 Å². The lowest BCUT2D eigenvalue weighted by molar-refractivity contribution is 0.0621. The van der Waals surface area contributed by atoms with Gasteiger partial charge < -0.3 is 9.64 Å². The van der Waals surface area contributed by atoms with Gasteiger partial charge in [0, 0.05) is 11.6 Å². The summed E-state index contributed by atoms with van der Waals surface area (Å²) < 4.78 is 6.13. The van der Waals surface area contributed by atoms with Gasteiger partial charge in [0.15, 0.2) is 5.78 Å². The van der Waals surface area contributed by atoms with Crippen LogP contribution in [0.1, 0.15) is 43.0 Å². The van der Waals surface area contributed by atoms with Crippen LogP contribution in [0.4, 0.5) is 0 Å². The molecule has 104 valence electrons. The highest BCUT2D eigenvalue weighted by Gasteiger charge is 2.28.